The van der Waals surface area contributed by atoms with Gasteiger partial charge in [-0.15, -0.1) is 47.5 Å². The second-order valence-electron chi connectivity index (χ2n) is 5.68. The molecule has 3 nitrogen and oxygen atoms in total. The minimum atomic E-state index is 0. The number of rotatable bonds is 4. The summed E-state index contributed by atoms with van der Waals surface area (Å²) in [6.07, 6.45) is 9.69. The standard InChI is InChI=1S/C22H16N3.Pt/c1-3-12-23-21(10-1)20-9-5-7-18(16-20)15-19-8-6-14-25(17-19)22-11-2-4-13-24-22;/h1-14H,15H2;/q-1;+2. The van der Waals surface area contributed by atoms with Gasteiger partial charge in [0, 0.05) is 18.6 Å². The van der Waals surface area contributed by atoms with Gasteiger partial charge in [-0.1, -0.05) is 28.7 Å². The van der Waals surface area contributed by atoms with Crippen LogP contribution in [-0.2, 0) is 27.5 Å². The van der Waals surface area contributed by atoms with E-state index in [1.165, 1.54) is 0 Å². The molecule has 0 fully saturated rings. The molecule has 4 aromatic rings. The molecule has 0 saturated heterocycles. The van der Waals surface area contributed by atoms with Crippen LogP contribution in [0.2, 0.25) is 0 Å². The molecule has 0 spiro atoms. The molecule has 0 radical (unpaired) electrons. The van der Waals surface area contributed by atoms with Crippen LogP contribution in [-0.4, -0.2) is 9.97 Å². The number of benzene rings is 1. The molecule has 0 aliphatic carbocycles. The van der Waals surface area contributed by atoms with Crippen molar-refractivity contribution in [2.75, 3.05) is 0 Å². The number of nitrogens with zero attached hydrogens (tertiary/aromatic N) is 3. The Kier molecular flexibility index (Phi) is 6.03. The van der Waals surface area contributed by atoms with Crippen molar-refractivity contribution >= 4 is 0 Å². The third-order valence-corrected chi connectivity index (χ3v) is 3.87. The Bertz CT molecular complexity index is 892. The normalized spacial score (nSPS) is 10.2. The van der Waals surface area contributed by atoms with Gasteiger partial charge in [-0.2, -0.15) is 0 Å². The maximum absolute atomic E-state index is 4.40. The van der Waals surface area contributed by atoms with Gasteiger partial charge in [-0.25, -0.2) is 0 Å². The molecule has 0 saturated carbocycles. The van der Waals surface area contributed by atoms with Crippen molar-refractivity contribution in [2.45, 2.75) is 6.42 Å². The van der Waals surface area contributed by atoms with Gasteiger partial charge in [0.25, 0.3) is 0 Å². The third kappa shape index (κ3) is 4.30. The summed E-state index contributed by atoms with van der Waals surface area (Å²) in [4.78, 5) is 8.77. The molecular formula is C22H16N3Pt+. The molecule has 0 amide bonds. The minimum absolute atomic E-state index is 0. The maximum Gasteiger partial charge on any atom is 2.00 e. The first-order chi connectivity index (χ1) is 12.4. The van der Waals surface area contributed by atoms with Gasteiger partial charge in [-0.05, 0) is 30.3 Å². The van der Waals surface area contributed by atoms with Crippen LogP contribution in [0.3, 0.4) is 0 Å². The average molecular weight is 517 g/mol. The fourth-order valence-corrected chi connectivity index (χ4v) is 2.70. The van der Waals surface area contributed by atoms with Gasteiger partial charge < -0.3 is 9.55 Å². The minimum Gasteiger partial charge on any atom is -0.321 e. The molecule has 0 aliphatic heterocycles. The van der Waals surface area contributed by atoms with Crippen molar-refractivity contribution in [3.63, 3.8) is 0 Å². The Hall–Kier alpha value is -2.64. The van der Waals surface area contributed by atoms with Crippen molar-refractivity contribution in [3.8, 4) is 17.1 Å². The van der Waals surface area contributed by atoms with Crippen molar-refractivity contribution in [1.29, 1.82) is 0 Å². The van der Waals surface area contributed by atoms with E-state index in [0.717, 1.165) is 34.6 Å². The summed E-state index contributed by atoms with van der Waals surface area (Å²) in [5.41, 5.74) is 4.14. The van der Waals surface area contributed by atoms with Crippen LogP contribution in [0.1, 0.15) is 11.1 Å². The predicted octanol–water partition coefficient (Wildman–Crippen LogP) is 3.61. The first kappa shape index (κ1) is 18.2. The largest absolute Gasteiger partial charge is 2.00 e. The first-order valence-corrected chi connectivity index (χ1v) is 8.15. The van der Waals surface area contributed by atoms with Gasteiger partial charge >= 0.3 is 21.1 Å². The molecule has 3 aromatic heterocycles. The zero-order chi connectivity index (χ0) is 16.9. The van der Waals surface area contributed by atoms with Crippen LogP contribution in [0, 0.1) is 12.3 Å². The molecule has 0 aliphatic rings. The molecule has 4 rings (SSSR count). The monoisotopic (exact) mass is 517 g/mol. The molecule has 26 heavy (non-hydrogen) atoms. The van der Waals surface area contributed by atoms with E-state index in [0.29, 0.717) is 0 Å². The van der Waals surface area contributed by atoms with E-state index in [1.807, 2.05) is 65.4 Å². The van der Waals surface area contributed by atoms with Gasteiger partial charge in [0.2, 0.25) is 5.82 Å². The number of pyridine rings is 3. The van der Waals surface area contributed by atoms with Crippen LogP contribution in [0.15, 0.2) is 85.3 Å². The Labute approximate surface area is 167 Å². The Morgan fingerprint density at radius 1 is 0.769 bits per heavy atom. The number of aromatic nitrogens is 3. The van der Waals surface area contributed by atoms with Gasteiger partial charge in [-0.3, -0.25) is 0 Å². The van der Waals surface area contributed by atoms with Gasteiger partial charge in [0.1, 0.15) is 6.20 Å². The molecular weight excluding hydrogens is 501 g/mol. The zero-order valence-corrected chi connectivity index (χ0v) is 16.2. The van der Waals surface area contributed by atoms with Crippen molar-refractivity contribution in [3.05, 3.63) is 109 Å². The summed E-state index contributed by atoms with van der Waals surface area (Å²) in [6, 6.07) is 25.5. The van der Waals surface area contributed by atoms with Gasteiger partial charge in [0.15, 0.2) is 0 Å². The van der Waals surface area contributed by atoms with Crippen LogP contribution in [0.5, 0.6) is 0 Å². The fraction of sp³-hybridized carbons (Fsp3) is 0.0455. The molecule has 128 valence electrons. The summed E-state index contributed by atoms with van der Waals surface area (Å²) in [5.74, 6) is 0.857. The first-order valence-electron chi connectivity index (χ1n) is 8.15. The van der Waals surface area contributed by atoms with Crippen LogP contribution < -0.4 is 4.57 Å². The topological polar surface area (TPSA) is 29.7 Å². The maximum atomic E-state index is 4.40. The molecule has 0 unspecified atom stereocenters. The molecule has 0 atom stereocenters. The van der Waals surface area contributed by atoms with E-state index in [2.05, 4.69) is 34.4 Å². The second kappa shape index (κ2) is 8.64. The number of hydrogen-bond acceptors (Lipinski definition) is 2. The fourth-order valence-electron chi connectivity index (χ4n) is 2.70. The van der Waals surface area contributed by atoms with E-state index in [1.54, 1.807) is 12.4 Å². The molecule has 1 aromatic carbocycles. The van der Waals surface area contributed by atoms with E-state index in [4.69, 9.17) is 0 Å². The third-order valence-electron chi connectivity index (χ3n) is 3.87. The molecule has 4 heteroatoms. The molecule has 0 N–H and O–H groups in total. The van der Waals surface area contributed by atoms with Gasteiger partial charge in [0.05, 0.1) is 0 Å². The summed E-state index contributed by atoms with van der Waals surface area (Å²) in [7, 11) is 0. The molecule has 0 bridgehead atoms. The SMILES string of the molecule is [Pt+2].[c-]1c(Cc2[c-][n+](-c3ccccn3)ccc2)cccc1-c1ccccn1. The predicted molar refractivity (Wildman–Crippen MR) is 95.9 cm³/mol. The smallest absolute Gasteiger partial charge is 0.321 e. The summed E-state index contributed by atoms with van der Waals surface area (Å²) >= 11 is 0. The van der Waals surface area contributed by atoms with Crippen molar-refractivity contribution in [2.24, 2.45) is 0 Å². The van der Waals surface area contributed by atoms with E-state index in [9.17, 15) is 0 Å². The Morgan fingerprint density at radius 3 is 2.35 bits per heavy atom. The van der Waals surface area contributed by atoms with Crippen LogP contribution in [0.4, 0.5) is 0 Å². The van der Waals surface area contributed by atoms with E-state index < -0.39 is 0 Å². The van der Waals surface area contributed by atoms with E-state index in [-0.39, 0.29) is 21.1 Å². The second-order valence-corrected chi connectivity index (χ2v) is 5.68. The van der Waals surface area contributed by atoms with E-state index >= 15 is 0 Å². The summed E-state index contributed by atoms with van der Waals surface area (Å²) in [6.45, 7) is 0. The van der Waals surface area contributed by atoms with Crippen molar-refractivity contribution in [1.82, 2.24) is 9.97 Å². The molecule has 3 heterocycles. The zero-order valence-electron chi connectivity index (χ0n) is 13.9. The summed E-state index contributed by atoms with van der Waals surface area (Å²) in [5, 5.41) is 0. The quantitative estimate of drug-likeness (QED) is 0.306. The average Bonchev–Trinajstić information content (AvgIpc) is 2.70. The van der Waals surface area contributed by atoms with Crippen molar-refractivity contribution < 1.29 is 25.6 Å². The Balaban J connectivity index is 0.00000196. The Morgan fingerprint density at radius 2 is 1.58 bits per heavy atom. The van der Waals surface area contributed by atoms with Crippen LogP contribution in [0.25, 0.3) is 17.1 Å². The number of hydrogen-bond donors (Lipinski definition) is 0. The summed E-state index contributed by atoms with van der Waals surface area (Å²) < 4.78 is 1.91. The van der Waals surface area contributed by atoms with Crippen LogP contribution >= 0.6 is 0 Å².